The number of aliphatic hydroxyl groups excluding tert-OH is 19. The van der Waals surface area contributed by atoms with Gasteiger partial charge < -0.3 is 164 Å². The standard InChI is InChI=1S/C82H150N2O33/c1-4-6-8-10-12-14-16-18-19-20-21-22-23-24-25-26-27-29-31-33-35-37-39-41-58(93)84-50(51(92)40-38-36-34-32-30-28-17-15-13-11-9-7-5-2)48-106-78-67(101)65(99)72(56(46-89)111-78)113-79-68(102)66(100)73(57(47-90)112-79)114-80-70(104)75(62(96)54(44-87)108-80)116-82-71(105)76(63(97)55(45-88)110-82)117-81-69(103)74(61(95)53(43-86)109-81)115-77-59(83-49(3)91)64(98)60(94)52(42-85)107-77/h38,40,50-57,59-82,85-90,92,94-105H,4-37,39,41-48H2,1-3H3,(H,83,91)(H,84,93)/b40-38+/t50-,51+,52?,53?,54?,55?,56?,57?,59?,60-,61-,62-,63-,64+,65+,66+,67?,68?,69?,70?,71?,72+,73-,74-,75-,76-,77-,78+,79-,80-,81+,82+/m0/s1. The summed E-state index contributed by atoms with van der Waals surface area (Å²) in [6, 6.07) is -2.66. The Morgan fingerprint density at radius 2 is 0.624 bits per heavy atom. The Balaban J connectivity index is 1.01. The Morgan fingerprint density at radius 1 is 0.333 bits per heavy atom. The van der Waals surface area contributed by atoms with Crippen LogP contribution in [0.1, 0.15) is 252 Å². The normalized spacial score (nSPS) is 36.2. The quantitative estimate of drug-likeness (QED) is 0.0292. The van der Waals surface area contributed by atoms with Crippen molar-refractivity contribution < 1.29 is 163 Å². The number of nitrogens with one attached hydrogen (secondary N) is 2. The number of rotatable bonds is 59. The van der Waals surface area contributed by atoms with Gasteiger partial charge in [-0.05, 0) is 19.3 Å². The second kappa shape index (κ2) is 57.1. The van der Waals surface area contributed by atoms with E-state index < -0.39 is 248 Å². The zero-order chi connectivity index (χ0) is 85.3. The molecule has 0 aromatic carbocycles. The molecule has 6 rings (SSSR count). The predicted molar refractivity (Wildman–Crippen MR) is 419 cm³/mol. The maximum absolute atomic E-state index is 13.6. The lowest BCUT2D eigenvalue weighted by atomic mass is 9.94. The summed E-state index contributed by atoms with van der Waals surface area (Å²) in [5, 5.41) is 217. The molecule has 21 N–H and O–H groups in total. The predicted octanol–water partition coefficient (Wildman–Crippen LogP) is 0.553. The van der Waals surface area contributed by atoms with E-state index in [1.54, 1.807) is 6.08 Å². The molecule has 0 aliphatic carbocycles. The van der Waals surface area contributed by atoms with E-state index in [2.05, 4.69) is 24.5 Å². The second-order valence-corrected chi connectivity index (χ2v) is 32.7. The first-order valence-electron chi connectivity index (χ1n) is 44.0. The van der Waals surface area contributed by atoms with Gasteiger partial charge in [-0.25, -0.2) is 0 Å². The van der Waals surface area contributed by atoms with E-state index in [0.29, 0.717) is 12.8 Å². The van der Waals surface area contributed by atoms with Crippen LogP contribution < -0.4 is 10.6 Å². The van der Waals surface area contributed by atoms with Gasteiger partial charge in [0.2, 0.25) is 11.8 Å². The second-order valence-electron chi connectivity index (χ2n) is 32.7. The number of aliphatic hydroxyl groups is 19. The molecule has 2 amide bonds. The van der Waals surface area contributed by atoms with Crippen LogP contribution in [0.5, 0.6) is 0 Å². The van der Waals surface area contributed by atoms with Crippen LogP contribution in [0.3, 0.4) is 0 Å². The highest BCUT2D eigenvalue weighted by molar-refractivity contribution is 5.76. The van der Waals surface area contributed by atoms with Gasteiger partial charge in [-0.1, -0.05) is 231 Å². The van der Waals surface area contributed by atoms with Gasteiger partial charge in [-0.3, -0.25) is 9.59 Å². The fourth-order valence-corrected chi connectivity index (χ4v) is 16.1. The van der Waals surface area contributed by atoms with Crippen LogP contribution in [0.15, 0.2) is 12.2 Å². The third-order valence-corrected chi connectivity index (χ3v) is 23.3. The van der Waals surface area contributed by atoms with Gasteiger partial charge in [0.25, 0.3) is 0 Å². The van der Waals surface area contributed by atoms with Gasteiger partial charge in [0.15, 0.2) is 37.7 Å². The van der Waals surface area contributed by atoms with Crippen molar-refractivity contribution in [1.82, 2.24) is 10.6 Å². The minimum Gasteiger partial charge on any atom is -0.394 e. The smallest absolute Gasteiger partial charge is 0.220 e. The molecule has 6 aliphatic rings. The summed E-state index contributed by atoms with van der Waals surface area (Å²) in [6.07, 6.45) is -12.0. The maximum atomic E-state index is 13.6. The minimum atomic E-state index is -2.28. The summed E-state index contributed by atoms with van der Waals surface area (Å²) >= 11 is 0. The third-order valence-electron chi connectivity index (χ3n) is 23.3. The number of unbranched alkanes of at least 4 members (excludes halogenated alkanes) is 33. The van der Waals surface area contributed by atoms with Gasteiger partial charge >= 0.3 is 0 Å². The Labute approximate surface area is 689 Å². The lowest BCUT2D eigenvalue weighted by Crippen LogP contribution is -2.69. The van der Waals surface area contributed by atoms with E-state index >= 15 is 0 Å². The lowest BCUT2D eigenvalue weighted by molar-refractivity contribution is -0.397. The summed E-state index contributed by atoms with van der Waals surface area (Å²) < 4.78 is 69.8. The van der Waals surface area contributed by atoms with Gasteiger partial charge in [-0.15, -0.1) is 0 Å². The van der Waals surface area contributed by atoms with Crippen LogP contribution in [0.4, 0.5) is 0 Å². The Hall–Kier alpha value is -2.56. The van der Waals surface area contributed by atoms with E-state index in [-0.39, 0.29) is 12.3 Å². The molecule has 0 bridgehead atoms. The molecule has 35 nitrogen and oxygen atoms in total. The molecule has 0 spiro atoms. The molecule has 0 saturated carbocycles. The molecule has 6 heterocycles. The minimum absolute atomic E-state index is 0.185. The molecule has 12 unspecified atom stereocenters. The van der Waals surface area contributed by atoms with E-state index in [4.69, 9.17) is 56.8 Å². The first-order valence-corrected chi connectivity index (χ1v) is 44.0. The first-order chi connectivity index (χ1) is 56.4. The van der Waals surface area contributed by atoms with Crippen LogP contribution in [0.25, 0.3) is 0 Å². The van der Waals surface area contributed by atoms with Crippen LogP contribution in [0.2, 0.25) is 0 Å². The highest BCUT2D eigenvalue weighted by Gasteiger charge is 2.58. The summed E-state index contributed by atoms with van der Waals surface area (Å²) in [7, 11) is 0. The average molecular weight is 1690 g/mol. The van der Waals surface area contributed by atoms with Crippen molar-refractivity contribution >= 4 is 11.8 Å². The third kappa shape index (κ3) is 33.1. The number of allylic oxidation sites excluding steroid dienone is 1. The van der Waals surface area contributed by atoms with Crippen LogP contribution in [0, 0.1) is 0 Å². The highest BCUT2D eigenvalue weighted by atomic mass is 16.8. The van der Waals surface area contributed by atoms with Crippen molar-refractivity contribution in [2.24, 2.45) is 0 Å². The Bertz CT molecular complexity index is 2620. The van der Waals surface area contributed by atoms with Gasteiger partial charge in [0.05, 0.1) is 58.4 Å². The highest BCUT2D eigenvalue weighted by Crippen LogP contribution is 2.38. The molecule has 0 aromatic rings. The molecule has 35 heteroatoms. The number of carbonyl (C=O) groups excluding carboxylic acids is 2. The van der Waals surface area contributed by atoms with Crippen molar-refractivity contribution in [2.75, 3.05) is 46.2 Å². The molecule has 686 valence electrons. The Kier molecular flexibility index (Phi) is 50.4. The molecule has 0 aromatic heterocycles. The van der Waals surface area contributed by atoms with Crippen molar-refractivity contribution in [3.8, 4) is 0 Å². The van der Waals surface area contributed by atoms with Crippen LogP contribution in [-0.4, -0.2) is 351 Å². The molecule has 6 aliphatic heterocycles. The molecular weight excluding hydrogens is 1540 g/mol. The van der Waals surface area contributed by atoms with Crippen molar-refractivity contribution in [3.63, 3.8) is 0 Å². The van der Waals surface area contributed by atoms with Gasteiger partial charge in [-0.2, -0.15) is 0 Å². The fraction of sp³-hybridized carbons (Fsp3) is 0.951. The monoisotopic (exact) mass is 1690 g/mol. The number of hydrogen-bond donors (Lipinski definition) is 21. The summed E-state index contributed by atoms with van der Waals surface area (Å²) in [4.78, 5) is 25.7. The summed E-state index contributed by atoms with van der Waals surface area (Å²) in [5.74, 6) is -1.09. The summed E-state index contributed by atoms with van der Waals surface area (Å²) in [6.45, 7) is -0.855. The van der Waals surface area contributed by atoms with E-state index in [9.17, 15) is 107 Å². The number of carbonyl (C=O) groups is 2. The van der Waals surface area contributed by atoms with Gasteiger partial charge in [0.1, 0.15) is 146 Å². The summed E-state index contributed by atoms with van der Waals surface area (Å²) in [5.41, 5.74) is 0. The van der Waals surface area contributed by atoms with E-state index in [0.717, 1.165) is 58.3 Å². The molecule has 32 atom stereocenters. The van der Waals surface area contributed by atoms with Crippen LogP contribution in [-0.2, 0) is 66.4 Å². The lowest BCUT2D eigenvalue weighted by Gasteiger charge is -2.50. The van der Waals surface area contributed by atoms with Crippen molar-refractivity contribution in [2.45, 2.75) is 448 Å². The van der Waals surface area contributed by atoms with Crippen LogP contribution >= 0.6 is 0 Å². The molecule has 117 heavy (non-hydrogen) atoms. The molecular formula is C82H150N2O33. The molecule has 0 radical (unpaired) electrons. The molecule has 6 saturated heterocycles. The SMILES string of the molecule is CCCCCCCCCCCCC/C=C/[C@@H](O)[C@H](CO[C@@H]1OC(CO)[C@@H](O[C@@H]2OC(CO)[C@H](O[C@@H]3OC(CO)[C@H](O)[C@H](O[C@H]4OC(CO)[C@H](O)[C@H](O[C@H]5OC(CO)[C@H](O)[C@H](O[C@@H]6OC(CO)[C@H](O)[C@H](O)C6NC(C)=O)C5O)C4O)C3O)[C@H](O)C2O)[C@H](O)C1O)NC(=O)CCCCCCCCCCCCCCCCCCCCCCCCC. The van der Waals surface area contributed by atoms with E-state index in [1.807, 2.05) is 6.08 Å². The first kappa shape index (κ1) is 103. The van der Waals surface area contributed by atoms with Crippen molar-refractivity contribution in [1.29, 1.82) is 0 Å². The maximum Gasteiger partial charge on any atom is 0.220 e. The van der Waals surface area contributed by atoms with Crippen molar-refractivity contribution in [3.05, 3.63) is 12.2 Å². The molecule has 6 fully saturated rings. The zero-order valence-electron chi connectivity index (χ0n) is 69.2. The average Bonchev–Trinajstić information content (AvgIpc) is 0.540. The number of hydrogen-bond acceptors (Lipinski definition) is 33. The Morgan fingerprint density at radius 3 is 0.983 bits per heavy atom. The number of amides is 2. The topological polar surface area (TPSA) is 553 Å². The zero-order valence-corrected chi connectivity index (χ0v) is 69.2. The van der Waals surface area contributed by atoms with Gasteiger partial charge in [0, 0.05) is 13.3 Å². The fourth-order valence-electron chi connectivity index (χ4n) is 16.1. The van der Waals surface area contributed by atoms with E-state index in [1.165, 1.54) is 161 Å². The largest absolute Gasteiger partial charge is 0.394 e. The number of ether oxygens (including phenoxy) is 12.